The van der Waals surface area contributed by atoms with Crippen molar-refractivity contribution in [2.45, 2.75) is 12.6 Å². The lowest BCUT2D eigenvalue weighted by Crippen LogP contribution is -2.49. The van der Waals surface area contributed by atoms with Crippen molar-refractivity contribution < 1.29 is 18.0 Å². The number of halogens is 3. The Labute approximate surface area is 98.4 Å². The normalized spacial score (nSPS) is 24.9. The van der Waals surface area contributed by atoms with Gasteiger partial charge >= 0.3 is 6.18 Å². The zero-order valence-corrected chi connectivity index (χ0v) is 9.36. The molecule has 1 saturated heterocycles. The third-order valence-electron chi connectivity index (χ3n) is 2.71. The Morgan fingerprint density at radius 1 is 1.59 bits per heavy atom. The molecule has 2 N–H and O–H groups in total. The van der Waals surface area contributed by atoms with Gasteiger partial charge in [0.05, 0.1) is 0 Å². The second kappa shape index (κ2) is 4.22. The first-order chi connectivity index (χ1) is 7.96. The van der Waals surface area contributed by atoms with E-state index in [2.05, 4.69) is 20.8 Å². The number of anilines is 1. The van der Waals surface area contributed by atoms with Crippen LogP contribution >= 0.6 is 11.3 Å². The molecule has 0 radical (unpaired) electrons. The van der Waals surface area contributed by atoms with Crippen molar-refractivity contribution in [2.75, 3.05) is 18.4 Å². The van der Waals surface area contributed by atoms with E-state index in [9.17, 15) is 18.0 Å². The van der Waals surface area contributed by atoms with Gasteiger partial charge in [-0.2, -0.15) is 13.2 Å². The molecule has 2 rings (SSSR count). The molecule has 0 bridgehead atoms. The minimum absolute atomic E-state index is 0.0746. The first kappa shape index (κ1) is 12.2. The Balaban J connectivity index is 2.20. The molecule has 1 atom stereocenters. The highest BCUT2D eigenvalue weighted by molar-refractivity contribution is 7.13. The van der Waals surface area contributed by atoms with E-state index >= 15 is 0 Å². The summed E-state index contributed by atoms with van der Waals surface area (Å²) in [7, 11) is 0. The number of aromatic nitrogens is 2. The predicted octanol–water partition coefficient (Wildman–Crippen LogP) is 1.02. The highest BCUT2D eigenvalue weighted by Gasteiger charge is 2.61. The van der Waals surface area contributed by atoms with Crippen LogP contribution in [0, 0.1) is 5.41 Å². The number of nitrogens with zero attached hydrogens (tertiary/aromatic N) is 2. The molecule has 1 aliphatic rings. The third kappa shape index (κ3) is 2.12. The summed E-state index contributed by atoms with van der Waals surface area (Å²) >= 11 is 0.977. The number of rotatable bonds is 2. The van der Waals surface area contributed by atoms with Crippen LogP contribution in [0.4, 0.5) is 18.3 Å². The zero-order valence-electron chi connectivity index (χ0n) is 8.54. The standard InChI is InChI=1S/C8H9F3N4OS/c9-8(10,11)7(1-2-12-3-7)5(16)14-6-15-13-4-17-6/h4,12H,1-3H2,(H,14,15,16). The van der Waals surface area contributed by atoms with Crippen LogP contribution in [0.3, 0.4) is 0 Å². The predicted molar refractivity (Wildman–Crippen MR) is 54.5 cm³/mol. The second-order valence-electron chi connectivity index (χ2n) is 3.70. The van der Waals surface area contributed by atoms with E-state index in [4.69, 9.17) is 0 Å². The van der Waals surface area contributed by atoms with E-state index in [0.717, 1.165) is 11.3 Å². The highest BCUT2D eigenvalue weighted by Crippen LogP contribution is 2.43. The van der Waals surface area contributed by atoms with E-state index in [1.54, 1.807) is 0 Å². The molecule has 1 unspecified atom stereocenters. The number of amides is 1. The van der Waals surface area contributed by atoms with Crippen molar-refractivity contribution >= 4 is 22.4 Å². The molecule has 2 heterocycles. The van der Waals surface area contributed by atoms with Gasteiger partial charge in [-0.25, -0.2) is 0 Å². The topological polar surface area (TPSA) is 66.9 Å². The molecule has 0 aliphatic carbocycles. The lowest BCUT2D eigenvalue weighted by atomic mass is 9.85. The molecule has 0 aromatic carbocycles. The van der Waals surface area contributed by atoms with Crippen molar-refractivity contribution in [2.24, 2.45) is 5.41 Å². The van der Waals surface area contributed by atoms with Gasteiger partial charge in [0.25, 0.3) is 0 Å². The van der Waals surface area contributed by atoms with Gasteiger partial charge in [0, 0.05) is 6.54 Å². The van der Waals surface area contributed by atoms with Crippen molar-refractivity contribution in [3.8, 4) is 0 Å². The first-order valence-corrected chi connectivity index (χ1v) is 5.69. The molecule has 9 heteroatoms. The summed E-state index contributed by atoms with van der Waals surface area (Å²) < 4.78 is 38.9. The number of alkyl halides is 3. The minimum Gasteiger partial charge on any atom is -0.315 e. The smallest absolute Gasteiger partial charge is 0.315 e. The van der Waals surface area contributed by atoms with Crippen LogP contribution < -0.4 is 10.6 Å². The molecule has 1 amide bonds. The van der Waals surface area contributed by atoms with Crippen LogP contribution in [0.25, 0.3) is 0 Å². The quantitative estimate of drug-likeness (QED) is 0.838. The fourth-order valence-corrected chi connectivity index (χ4v) is 2.14. The van der Waals surface area contributed by atoms with Gasteiger partial charge in [0.2, 0.25) is 11.0 Å². The van der Waals surface area contributed by atoms with Gasteiger partial charge in [0.15, 0.2) is 5.41 Å². The summed E-state index contributed by atoms with van der Waals surface area (Å²) in [5.41, 5.74) is -1.03. The second-order valence-corrected chi connectivity index (χ2v) is 4.54. The summed E-state index contributed by atoms with van der Waals surface area (Å²) in [6, 6.07) is 0. The number of nitrogens with one attached hydrogen (secondary N) is 2. The fraction of sp³-hybridized carbons (Fsp3) is 0.625. The van der Waals surface area contributed by atoms with Crippen LogP contribution in [0.2, 0.25) is 0 Å². The Hall–Kier alpha value is -1.22. The van der Waals surface area contributed by atoms with Crippen molar-refractivity contribution in [1.29, 1.82) is 0 Å². The minimum atomic E-state index is -4.58. The van der Waals surface area contributed by atoms with Crippen molar-refractivity contribution in [1.82, 2.24) is 15.5 Å². The van der Waals surface area contributed by atoms with Crippen LogP contribution in [0.15, 0.2) is 5.51 Å². The lowest BCUT2D eigenvalue weighted by molar-refractivity contribution is -0.213. The summed E-state index contributed by atoms with van der Waals surface area (Å²) in [6.45, 7) is -0.232. The van der Waals surface area contributed by atoms with Gasteiger partial charge in [-0.1, -0.05) is 11.3 Å². The van der Waals surface area contributed by atoms with Gasteiger partial charge < -0.3 is 5.32 Å². The van der Waals surface area contributed by atoms with E-state index in [1.807, 2.05) is 0 Å². The number of hydrogen-bond donors (Lipinski definition) is 2. The van der Waals surface area contributed by atoms with Gasteiger partial charge in [0.1, 0.15) is 5.51 Å². The van der Waals surface area contributed by atoms with Gasteiger partial charge in [-0.3, -0.25) is 10.1 Å². The molecule has 5 nitrogen and oxygen atoms in total. The van der Waals surface area contributed by atoms with Crippen molar-refractivity contribution in [3.63, 3.8) is 0 Å². The van der Waals surface area contributed by atoms with E-state index < -0.39 is 24.0 Å². The van der Waals surface area contributed by atoms with Crippen LogP contribution in [0.5, 0.6) is 0 Å². The van der Waals surface area contributed by atoms with Gasteiger partial charge in [-0.05, 0) is 13.0 Å². The lowest BCUT2D eigenvalue weighted by Gasteiger charge is -2.28. The molecule has 0 spiro atoms. The van der Waals surface area contributed by atoms with Crippen LogP contribution in [-0.2, 0) is 4.79 Å². The largest absolute Gasteiger partial charge is 0.404 e. The van der Waals surface area contributed by atoms with Crippen molar-refractivity contribution in [3.05, 3.63) is 5.51 Å². The Kier molecular flexibility index (Phi) is 3.04. The molecule has 1 aromatic rings. The average molecular weight is 266 g/mol. The molecule has 1 aliphatic heterocycles. The summed E-state index contributed by atoms with van der Waals surface area (Å²) in [5, 5.41) is 11.7. The fourth-order valence-electron chi connectivity index (χ4n) is 1.70. The number of carbonyl (C=O) groups is 1. The number of hydrogen-bond acceptors (Lipinski definition) is 5. The Morgan fingerprint density at radius 2 is 2.35 bits per heavy atom. The molecular weight excluding hydrogens is 257 g/mol. The molecule has 1 fully saturated rings. The molecule has 0 saturated carbocycles. The van der Waals surface area contributed by atoms with Gasteiger partial charge in [-0.15, -0.1) is 10.2 Å². The molecular formula is C8H9F3N4OS. The Bertz CT molecular complexity index is 399. The molecule has 17 heavy (non-hydrogen) atoms. The van der Waals surface area contributed by atoms with Crippen LogP contribution in [-0.4, -0.2) is 35.4 Å². The van der Waals surface area contributed by atoms with E-state index in [1.165, 1.54) is 5.51 Å². The maximum Gasteiger partial charge on any atom is 0.404 e. The average Bonchev–Trinajstić information content (AvgIpc) is 2.85. The Morgan fingerprint density at radius 3 is 2.82 bits per heavy atom. The molecule has 94 valence electrons. The molecule has 1 aromatic heterocycles. The summed E-state index contributed by atoms with van der Waals surface area (Å²) in [5.74, 6) is -1.08. The highest BCUT2D eigenvalue weighted by atomic mass is 32.1. The summed E-state index contributed by atoms with van der Waals surface area (Å²) in [6.07, 6.45) is -4.84. The van der Waals surface area contributed by atoms with Crippen LogP contribution in [0.1, 0.15) is 6.42 Å². The maximum atomic E-state index is 13.0. The van der Waals surface area contributed by atoms with E-state index in [-0.39, 0.29) is 18.1 Å². The number of carbonyl (C=O) groups excluding carboxylic acids is 1. The first-order valence-electron chi connectivity index (χ1n) is 4.81. The SMILES string of the molecule is O=C(Nc1nncs1)C1(C(F)(F)F)CCNC1. The van der Waals surface area contributed by atoms with E-state index in [0.29, 0.717) is 0 Å². The summed E-state index contributed by atoms with van der Waals surface area (Å²) in [4.78, 5) is 11.7. The monoisotopic (exact) mass is 266 g/mol. The maximum absolute atomic E-state index is 13.0. The third-order valence-corrected chi connectivity index (χ3v) is 3.32. The zero-order chi connectivity index (χ0) is 12.5.